The number of benzene rings is 2. The molecule has 0 bridgehead atoms. The van der Waals surface area contributed by atoms with Gasteiger partial charge in [-0.2, -0.15) is 0 Å². The van der Waals surface area contributed by atoms with Crippen LogP contribution < -0.4 is 15.4 Å². The van der Waals surface area contributed by atoms with E-state index < -0.39 is 18.5 Å². The van der Waals surface area contributed by atoms with Gasteiger partial charge in [0, 0.05) is 22.8 Å². The van der Waals surface area contributed by atoms with Crippen LogP contribution >= 0.6 is 11.6 Å². The third kappa shape index (κ3) is 6.59. The highest BCUT2D eigenvalue weighted by Gasteiger charge is 2.11. The van der Waals surface area contributed by atoms with Gasteiger partial charge in [-0.25, -0.2) is 4.79 Å². The monoisotopic (exact) mass is 404 g/mol. The molecule has 0 saturated heterocycles. The topological polar surface area (TPSA) is 93.7 Å². The maximum absolute atomic E-state index is 11.9. The largest absolute Gasteiger partial charge is 0.482 e. The second-order valence-corrected chi connectivity index (χ2v) is 6.28. The molecule has 0 aliphatic rings. The van der Waals surface area contributed by atoms with Crippen molar-refractivity contribution in [3.63, 3.8) is 0 Å². The third-order valence-corrected chi connectivity index (χ3v) is 3.83. The van der Waals surface area contributed by atoms with Crippen LogP contribution in [0.15, 0.2) is 42.5 Å². The molecule has 7 nitrogen and oxygen atoms in total. The number of anilines is 1. The summed E-state index contributed by atoms with van der Waals surface area (Å²) < 4.78 is 10.3. The van der Waals surface area contributed by atoms with Crippen LogP contribution in [-0.4, -0.2) is 37.5 Å². The fourth-order valence-electron chi connectivity index (χ4n) is 2.30. The van der Waals surface area contributed by atoms with E-state index in [4.69, 9.17) is 21.1 Å². The molecule has 2 N–H and O–H groups in total. The first-order valence-electron chi connectivity index (χ1n) is 8.61. The molecule has 2 aromatic carbocycles. The van der Waals surface area contributed by atoms with Crippen LogP contribution in [-0.2, 0) is 14.3 Å². The Morgan fingerprint density at radius 2 is 1.86 bits per heavy atom. The van der Waals surface area contributed by atoms with Crippen LogP contribution in [0.1, 0.15) is 22.8 Å². The molecule has 2 amide bonds. The predicted octanol–water partition coefficient (Wildman–Crippen LogP) is 2.96. The molecule has 0 heterocycles. The molecule has 0 aromatic heterocycles. The van der Waals surface area contributed by atoms with Gasteiger partial charge in [0.15, 0.2) is 13.2 Å². The van der Waals surface area contributed by atoms with Gasteiger partial charge in [0.05, 0.1) is 0 Å². The molecule has 0 aliphatic carbocycles. The van der Waals surface area contributed by atoms with Crippen LogP contribution in [0.2, 0.25) is 5.02 Å². The van der Waals surface area contributed by atoms with Gasteiger partial charge in [0.25, 0.3) is 11.8 Å². The molecule has 0 radical (unpaired) electrons. The first-order chi connectivity index (χ1) is 13.4. The van der Waals surface area contributed by atoms with E-state index in [1.165, 1.54) is 6.07 Å². The predicted molar refractivity (Wildman–Crippen MR) is 106 cm³/mol. The Morgan fingerprint density at radius 3 is 2.57 bits per heavy atom. The van der Waals surface area contributed by atoms with Crippen molar-refractivity contribution in [2.45, 2.75) is 13.8 Å². The van der Waals surface area contributed by atoms with Crippen molar-refractivity contribution in [2.75, 3.05) is 25.1 Å². The second kappa shape index (κ2) is 10.3. The number of esters is 1. The molecular weight excluding hydrogens is 384 g/mol. The molecule has 0 saturated carbocycles. The zero-order valence-electron chi connectivity index (χ0n) is 15.6. The molecule has 0 fully saturated rings. The van der Waals surface area contributed by atoms with E-state index in [0.717, 1.165) is 5.56 Å². The van der Waals surface area contributed by atoms with Gasteiger partial charge < -0.3 is 20.1 Å². The minimum atomic E-state index is -0.680. The summed E-state index contributed by atoms with van der Waals surface area (Å²) in [4.78, 5) is 35.5. The standard InChI is InChI=1S/C20H21ClN2O5/c1-3-22-20(26)14-5-4-6-16(10-14)23-18(24)11-28-19(25)12-27-17-8-7-15(21)9-13(17)2/h4-10H,3,11-12H2,1-2H3,(H,22,26)(H,23,24). The number of hydrogen-bond donors (Lipinski definition) is 2. The van der Waals surface area contributed by atoms with Gasteiger partial charge in [-0.05, 0) is 55.8 Å². The van der Waals surface area contributed by atoms with Gasteiger partial charge in [-0.3, -0.25) is 9.59 Å². The first-order valence-corrected chi connectivity index (χ1v) is 8.99. The van der Waals surface area contributed by atoms with Gasteiger partial charge in [-0.1, -0.05) is 17.7 Å². The Balaban J connectivity index is 1.79. The van der Waals surface area contributed by atoms with E-state index in [0.29, 0.717) is 28.6 Å². The molecule has 0 spiro atoms. The van der Waals surface area contributed by atoms with Crippen LogP contribution in [0.5, 0.6) is 5.75 Å². The average Bonchev–Trinajstić information content (AvgIpc) is 2.66. The van der Waals surface area contributed by atoms with E-state index in [1.807, 2.05) is 6.92 Å². The number of carbonyl (C=O) groups is 3. The van der Waals surface area contributed by atoms with Crippen LogP contribution in [0.3, 0.4) is 0 Å². The Morgan fingerprint density at radius 1 is 1.07 bits per heavy atom. The van der Waals surface area contributed by atoms with Crippen molar-refractivity contribution in [3.8, 4) is 5.75 Å². The lowest BCUT2D eigenvalue weighted by Gasteiger charge is -2.10. The van der Waals surface area contributed by atoms with Crippen molar-refractivity contribution in [3.05, 3.63) is 58.6 Å². The Bertz CT molecular complexity index is 869. The summed E-state index contributed by atoms with van der Waals surface area (Å²) in [5.74, 6) is -0.933. The Kier molecular flexibility index (Phi) is 7.83. The fourth-order valence-corrected chi connectivity index (χ4v) is 2.52. The molecule has 28 heavy (non-hydrogen) atoms. The smallest absolute Gasteiger partial charge is 0.344 e. The van der Waals surface area contributed by atoms with Crippen LogP contribution in [0, 0.1) is 6.92 Å². The van der Waals surface area contributed by atoms with E-state index >= 15 is 0 Å². The number of nitrogens with one attached hydrogen (secondary N) is 2. The van der Waals surface area contributed by atoms with Crippen molar-refractivity contribution in [1.29, 1.82) is 0 Å². The van der Waals surface area contributed by atoms with Gasteiger partial charge in [0.2, 0.25) is 0 Å². The molecule has 8 heteroatoms. The van der Waals surface area contributed by atoms with Crippen molar-refractivity contribution >= 4 is 35.1 Å². The first kappa shape index (κ1) is 21.2. The summed E-state index contributed by atoms with van der Waals surface area (Å²) in [6, 6.07) is 11.5. The SMILES string of the molecule is CCNC(=O)c1cccc(NC(=O)COC(=O)COc2ccc(Cl)cc2C)c1. The van der Waals surface area contributed by atoms with E-state index in [9.17, 15) is 14.4 Å². The minimum Gasteiger partial charge on any atom is -0.482 e. The highest BCUT2D eigenvalue weighted by atomic mass is 35.5. The zero-order chi connectivity index (χ0) is 20.5. The second-order valence-electron chi connectivity index (χ2n) is 5.85. The summed E-state index contributed by atoms with van der Waals surface area (Å²) in [7, 11) is 0. The lowest BCUT2D eigenvalue weighted by molar-refractivity contribution is -0.149. The number of amides is 2. The molecule has 148 valence electrons. The van der Waals surface area contributed by atoms with E-state index in [2.05, 4.69) is 10.6 Å². The molecule has 2 aromatic rings. The number of rotatable bonds is 8. The van der Waals surface area contributed by atoms with Crippen LogP contribution in [0.25, 0.3) is 0 Å². The lowest BCUT2D eigenvalue weighted by Crippen LogP contribution is -2.24. The summed E-state index contributed by atoms with van der Waals surface area (Å²) in [5, 5.41) is 5.82. The maximum Gasteiger partial charge on any atom is 0.344 e. The molecular formula is C20H21ClN2O5. The van der Waals surface area contributed by atoms with Crippen LogP contribution in [0.4, 0.5) is 5.69 Å². The van der Waals surface area contributed by atoms with Crippen molar-refractivity contribution in [1.82, 2.24) is 5.32 Å². The highest BCUT2D eigenvalue weighted by Crippen LogP contribution is 2.21. The Hall–Kier alpha value is -3.06. The number of halogens is 1. The average molecular weight is 405 g/mol. The zero-order valence-corrected chi connectivity index (χ0v) is 16.3. The summed E-state index contributed by atoms with van der Waals surface area (Å²) in [5.41, 5.74) is 1.63. The number of aryl methyl sites for hydroxylation is 1. The molecule has 0 atom stereocenters. The van der Waals surface area contributed by atoms with Gasteiger partial charge in [-0.15, -0.1) is 0 Å². The number of hydrogen-bond acceptors (Lipinski definition) is 5. The van der Waals surface area contributed by atoms with Crippen molar-refractivity contribution in [2.24, 2.45) is 0 Å². The van der Waals surface area contributed by atoms with Gasteiger partial charge in [0.1, 0.15) is 5.75 Å². The molecule has 2 rings (SSSR count). The fraction of sp³-hybridized carbons (Fsp3) is 0.250. The van der Waals surface area contributed by atoms with E-state index in [-0.39, 0.29) is 12.5 Å². The third-order valence-electron chi connectivity index (χ3n) is 3.59. The highest BCUT2D eigenvalue weighted by molar-refractivity contribution is 6.30. The minimum absolute atomic E-state index is 0.236. The summed E-state index contributed by atoms with van der Waals surface area (Å²) >= 11 is 5.86. The summed E-state index contributed by atoms with van der Waals surface area (Å²) in [6.07, 6.45) is 0. The molecule has 0 aliphatic heterocycles. The maximum atomic E-state index is 11.9. The quantitative estimate of drug-likeness (QED) is 0.660. The van der Waals surface area contributed by atoms with Crippen molar-refractivity contribution < 1.29 is 23.9 Å². The normalized spacial score (nSPS) is 10.1. The molecule has 0 unspecified atom stereocenters. The van der Waals surface area contributed by atoms with Gasteiger partial charge >= 0.3 is 5.97 Å². The number of ether oxygens (including phenoxy) is 2. The summed E-state index contributed by atoms with van der Waals surface area (Å²) in [6.45, 7) is 3.32. The Labute approximate surface area is 168 Å². The lowest BCUT2D eigenvalue weighted by atomic mass is 10.2. The number of carbonyl (C=O) groups excluding carboxylic acids is 3. The van der Waals surface area contributed by atoms with E-state index in [1.54, 1.807) is 43.3 Å².